The first kappa shape index (κ1) is 16.0. The normalized spacial score (nSPS) is 10.6. The van der Waals surface area contributed by atoms with Crippen LogP contribution in [0.5, 0.6) is 0 Å². The Hall–Kier alpha value is -1.07. The van der Waals surface area contributed by atoms with E-state index in [0.29, 0.717) is 13.1 Å². The van der Waals surface area contributed by atoms with Gasteiger partial charge in [0.15, 0.2) is 0 Å². The average Bonchev–Trinajstić information content (AvgIpc) is 2.35. The number of benzene rings is 1. The van der Waals surface area contributed by atoms with Crippen molar-refractivity contribution in [1.29, 1.82) is 0 Å². The number of nitrogens with zero attached hydrogens (tertiary/aromatic N) is 1. The summed E-state index contributed by atoms with van der Waals surface area (Å²) in [7, 11) is 0. The number of carbonyl (C=O) groups excluding carboxylic acids is 1. The lowest BCUT2D eigenvalue weighted by atomic mass is 10.1. The predicted molar refractivity (Wildman–Crippen MR) is 83.2 cm³/mol. The smallest absolute Gasteiger partial charge is 0.239 e. The molecule has 0 aliphatic carbocycles. The molecule has 1 aromatic rings. The first-order valence-electron chi connectivity index (χ1n) is 6.50. The van der Waals surface area contributed by atoms with E-state index in [0.717, 1.165) is 22.3 Å². The van der Waals surface area contributed by atoms with Crippen LogP contribution in [0.2, 0.25) is 0 Å². The number of likely N-dealkylation sites (N-methyl/N-ethyl adjacent to an activating group) is 1. The lowest BCUT2D eigenvalue weighted by molar-refractivity contribution is -0.120. The van der Waals surface area contributed by atoms with Crippen molar-refractivity contribution in [2.45, 2.75) is 33.4 Å². The zero-order valence-electron chi connectivity index (χ0n) is 11.7. The van der Waals surface area contributed by atoms with Crippen molar-refractivity contribution in [3.63, 3.8) is 0 Å². The molecule has 1 aromatic carbocycles. The molecule has 0 aliphatic rings. The van der Waals surface area contributed by atoms with Crippen LogP contribution in [0, 0.1) is 0 Å². The molecule has 0 heterocycles. The zero-order valence-corrected chi connectivity index (χ0v) is 13.3. The van der Waals surface area contributed by atoms with Gasteiger partial charge in [-0.05, 0) is 44.5 Å². The fourth-order valence-electron chi connectivity index (χ4n) is 1.93. The Morgan fingerprint density at radius 1 is 1.47 bits per heavy atom. The molecule has 0 atom stereocenters. The number of rotatable bonds is 6. The summed E-state index contributed by atoms with van der Waals surface area (Å²) in [6, 6.07) is 6.12. The van der Waals surface area contributed by atoms with Gasteiger partial charge in [-0.3, -0.25) is 4.79 Å². The maximum Gasteiger partial charge on any atom is 0.239 e. The molecule has 106 valence electrons. The van der Waals surface area contributed by atoms with E-state index in [9.17, 15) is 4.79 Å². The van der Waals surface area contributed by atoms with Gasteiger partial charge in [-0.1, -0.05) is 15.9 Å². The highest BCUT2D eigenvalue weighted by Crippen LogP contribution is 2.24. The van der Waals surface area contributed by atoms with E-state index < -0.39 is 0 Å². The van der Waals surface area contributed by atoms with Gasteiger partial charge < -0.3 is 16.0 Å². The maximum atomic E-state index is 11.9. The first-order valence-corrected chi connectivity index (χ1v) is 7.30. The van der Waals surface area contributed by atoms with E-state index in [-0.39, 0.29) is 11.9 Å². The number of hydrogen-bond acceptors (Lipinski definition) is 3. The maximum absolute atomic E-state index is 11.9. The molecule has 0 bridgehead atoms. The molecule has 0 aliphatic heterocycles. The second-order valence-corrected chi connectivity index (χ2v) is 5.63. The fraction of sp³-hybridized carbons (Fsp3) is 0.500. The van der Waals surface area contributed by atoms with Gasteiger partial charge in [0, 0.05) is 29.3 Å². The number of nitrogens with one attached hydrogen (secondary N) is 1. The van der Waals surface area contributed by atoms with Crippen LogP contribution in [0.1, 0.15) is 26.3 Å². The topological polar surface area (TPSA) is 58.4 Å². The van der Waals surface area contributed by atoms with Gasteiger partial charge in [0.05, 0.1) is 6.54 Å². The molecular formula is C14H22BrN3O. The molecule has 0 aromatic heterocycles. The molecule has 1 amide bonds. The van der Waals surface area contributed by atoms with Gasteiger partial charge in [-0.25, -0.2) is 0 Å². The summed E-state index contributed by atoms with van der Waals surface area (Å²) < 4.78 is 0.999. The van der Waals surface area contributed by atoms with Crippen LogP contribution in [0.4, 0.5) is 5.69 Å². The van der Waals surface area contributed by atoms with Gasteiger partial charge in [0.25, 0.3) is 0 Å². The van der Waals surface area contributed by atoms with Gasteiger partial charge in [0.1, 0.15) is 0 Å². The van der Waals surface area contributed by atoms with E-state index >= 15 is 0 Å². The largest absolute Gasteiger partial charge is 0.362 e. The second-order valence-electron chi connectivity index (χ2n) is 4.71. The predicted octanol–water partition coefficient (Wildman–Crippen LogP) is 2.26. The number of carbonyl (C=O) groups is 1. The minimum Gasteiger partial charge on any atom is -0.362 e. The third-order valence-corrected chi connectivity index (χ3v) is 3.26. The molecule has 4 nitrogen and oxygen atoms in total. The number of amides is 1. The van der Waals surface area contributed by atoms with Crippen molar-refractivity contribution in [1.82, 2.24) is 5.32 Å². The highest BCUT2D eigenvalue weighted by molar-refractivity contribution is 9.10. The van der Waals surface area contributed by atoms with Crippen LogP contribution < -0.4 is 16.0 Å². The molecule has 0 saturated heterocycles. The van der Waals surface area contributed by atoms with E-state index in [4.69, 9.17) is 5.73 Å². The molecule has 1 rings (SSSR count). The summed E-state index contributed by atoms with van der Waals surface area (Å²) in [6.45, 7) is 7.52. The third kappa shape index (κ3) is 4.84. The summed E-state index contributed by atoms with van der Waals surface area (Å²) in [6.07, 6.45) is 0. The lowest BCUT2D eigenvalue weighted by Gasteiger charge is -2.25. The highest BCUT2D eigenvalue weighted by atomic mass is 79.9. The lowest BCUT2D eigenvalue weighted by Crippen LogP contribution is -2.40. The van der Waals surface area contributed by atoms with Gasteiger partial charge in [-0.2, -0.15) is 0 Å². The summed E-state index contributed by atoms with van der Waals surface area (Å²) in [4.78, 5) is 13.9. The summed E-state index contributed by atoms with van der Waals surface area (Å²) in [5, 5.41) is 2.91. The SMILES string of the molecule is CCN(CC(=O)NC(C)C)c1ccc(Br)cc1CN. The van der Waals surface area contributed by atoms with E-state index in [2.05, 4.69) is 21.2 Å². The minimum atomic E-state index is 0.0303. The Morgan fingerprint density at radius 2 is 2.16 bits per heavy atom. The highest BCUT2D eigenvalue weighted by Gasteiger charge is 2.13. The molecule has 0 spiro atoms. The van der Waals surface area contributed by atoms with Gasteiger partial charge in [-0.15, -0.1) is 0 Å². The van der Waals surface area contributed by atoms with Crippen LogP contribution in [-0.4, -0.2) is 25.0 Å². The van der Waals surface area contributed by atoms with E-state index in [1.807, 2.05) is 43.9 Å². The molecular weight excluding hydrogens is 306 g/mol. The quantitative estimate of drug-likeness (QED) is 0.842. The molecule has 19 heavy (non-hydrogen) atoms. The van der Waals surface area contributed by atoms with Crippen molar-refractivity contribution in [2.24, 2.45) is 5.73 Å². The number of hydrogen-bond donors (Lipinski definition) is 2. The Morgan fingerprint density at radius 3 is 2.68 bits per heavy atom. The van der Waals surface area contributed by atoms with Crippen molar-refractivity contribution in [2.75, 3.05) is 18.0 Å². The summed E-state index contributed by atoms with van der Waals surface area (Å²) >= 11 is 3.44. The van der Waals surface area contributed by atoms with E-state index in [1.54, 1.807) is 0 Å². The average molecular weight is 328 g/mol. The second kappa shape index (κ2) is 7.50. The minimum absolute atomic E-state index is 0.0303. The first-order chi connectivity index (χ1) is 8.97. The third-order valence-electron chi connectivity index (χ3n) is 2.77. The Balaban J connectivity index is 2.88. The Bertz CT molecular complexity index is 435. The monoisotopic (exact) mass is 327 g/mol. The molecule has 0 saturated carbocycles. The number of halogens is 1. The standard InChI is InChI=1S/C14H22BrN3O/c1-4-18(9-14(19)17-10(2)3)13-6-5-12(15)7-11(13)8-16/h5-7,10H,4,8-9,16H2,1-3H3,(H,17,19). The van der Waals surface area contributed by atoms with Crippen molar-refractivity contribution in [3.8, 4) is 0 Å². The Labute approximate surface area is 123 Å². The van der Waals surface area contributed by atoms with Crippen molar-refractivity contribution < 1.29 is 4.79 Å². The molecule has 5 heteroatoms. The fourth-order valence-corrected chi connectivity index (χ4v) is 2.34. The summed E-state index contributed by atoms with van der Waals surface area (Å²) in [5.74, 6) is 0.0303. The molecule has 3 N–H and O–H groups in total. The van der Waals surface area contributed by atoms with E-state index in [1.165, 1.54) is 0 Å². The zero-order chi connectivity index (χ0) is 14.4. The van der Waals surface area contributed by atoms with Crippen LogP contribution in [0.15, 0.2) is 22.7 Å². The molecule has 0 fully saturated rings. The van der Waals surface area contributed by atoms with Gasteiger partial charge in [0.2, 0.25) is 5.91 Å². The van der Waals surface area contributed by atoms with Crippen LogP contribution in [0.3, 0.4) is 0 Å². The van der Waals surface area contributed by atoms with Crippen molar-refractivity contribution in [3.05, 3.63) is 28.2 Å². The molecule has 0 unspecified atom stereocenters. The number of anilines is 1. The van der Waals surface area contributed by atoms with Crippen LogP contribution >= 0.6 is 15.9 Å². The number of nitrogens with two attached hydrogens (primary N) is 1. The van der Waals surface area contributed by atoms with Crippen LogP contribution in [0.25, 0.3) is 0 Å². The van der Waals surface area contributed by atoms with Crippen molar-refractivity contribution >= 4 is 27.5 Å². The van der Waals surface area contributed by atoms with Gasteiger partial charge >= 0.3 is 0 Å². The Kier molecular flexibility index (Phi) is 6.31. The summed E-state index contributed by atoms with van der Waals surface area (Å²) in [5.41, 5.74) is 7.83. The molecule has 0 radical (unpaired) electrons. The van der Waals surface area contributed by atoms with Crippen LogP contribution in [-0.2, 0) is 11.3 Å².